The molecule has 1 amide bonds. The van der Waals surface area contributed by atoms with Gasteiger partial charge in [0.2, 0.25) is 10.0 Å². The number of nitrogens with one attached hydrogen (secondary N) is 1. The highest BCUT2D eigenvalue weighted by Gasteiger charge is 2.18. The summed E-state index contributed by atoms with van der Waals surface area (Å²) in [5, 5.41) is 2.77. The van der Waals surface area contributed by atoms with E-state index in [4.69, 9.17) is 4.74 Å². The number of halogens is 1. The third-order valence-corrected chi connectivity index (χ3v) is 5.53. The van der Waals surface area contributed by atoms with Gasteiger partial charge < -0.3 is 10.1 Å². The maximum absolute atomic E-state index is 13.1. The number of benzene rings is 3. The van der Waals surface area contributed by atoms with Gasteiger partial charge in [0.05, 0.1) is 25.6 Å². The van der Waals surface area contributed by atoms with E-state index in [0.29, 0.717) is 28.3 Å². The Morgan fingerprint density at radius 2 is 1.70 bits per heavy atom. The van der Waals surface area contributed by atoms with Crippen molar-refractivity contribution < 1.29 is 22.3 Å². The topological polar surface area (TPSA) is 75.7 Å². The standard InChI is InChI=1S/C22H21FN2O4S/c1-29-21-5-3-4-19(14-21)24-22(26)17-8-12-20(13-9-17)25(30(2,27)28)15-16-6-10-18(23)11-7-16/h3-14H,15H2,1-2H3,(H,24,26). The van der Waals surface area contributed by atoms with Crippen LogP contribution in [0.4, 0.5) is 15.8 Å². The fourth-order valence-electron chi connectivity index (χ4n) is 2.84. The van der Waals surface area contributed by atoms with Crippen molar-refractivity contribution in [2.45, 2.75) is 6.54 Å². The number of rotatable bonds is 7. The molecule has 0 aliphatic rings. The highest BCUT2D eigenvalue weighted by molar-refractivity contribution is 7.92. The normalized spacial score (nSPS) is 11.0. The van der Waals surface area contributed by atoms with Crippen molar-refractivity contribution in [1.29, 1.82) is 0 Å². The van der Waals surface area contributed by atoms with Gasteiger partial charge in [0.15, 0.2) is 0 Å². The van der Waals surface area contributed by atoms with Gasteiger partial charge in [0.25, 0.3) is 5.91 Å². The lowest BCUT2D eigenvalue weighted by Crippen LogP contribution is -2.29. The number of hydrogen-bond acceptors (Lipinski definition) is 4. The van der Waals surface area contributed by atoms with Gasteiger partial charge in [-0.05, 0) is 54.1 Å². The van der Waals surface area contributed by atoms with E-state index in [-0.39, 0.29) is 12.5 Å². The molecule has 0 aromatic heterocycles. The number of carbonyl (C=O) groups is 1. The summed E-state index contributed by atoms with van der Waals surface area (Å²) in [7, 11) is -2.05. The first kappa shape index (κ1) is 21.3. The molecule has 0 unspecified atom stereocenters. The van der Waals surface area contributed by atoms with Crippen LogP contribution in [0.5, 0.6) is 5.75 Å². The van der Waals surface area contributed by atoms with E-state index >= 15 is 0 Å². The van der Waals surface area contributed by atoms with E-state index in [1.54, 1.807) is 55.6 Å². The van der Waals surface area contributed by atoms with E-state index in [2.05, 4.69) is 5.32 Å². The molecular formula is C22H21FN2O4S. The molecule has 3 rings (SSSR count). The third kappa shape index (κ3) is 5.36. The number of nitrogens with zero attached hydrogens (tertiary/aromatic N) is 1. The summed E-state index contributed by atoms with van der Waals surface area (Å²) >= 11 is 0. The zero-order valence-electron chi connectivity index (χ0n) is 16.5. The molecule has 0 aliphatic heterocycles. The van der Waals surface area contributed by atoms with Crippen molar-refractivity contribution in [3.8, 4) is 5.75 Å². The first-order valence-corrected chi connectivity index (χ1v) is 10.9. The van der Waals surface area contributed by atoms with Gasteiger partial charge in [0.1, 0.15) is 11.6 Å². The van der Waals surface area contributed by atoms with E-state index in [1.165, 1.54) is 28.6 Å². The lowest BCUT2D eigenvalue weighted by Gasteiger charge is -2.22. The third-order valence-electron chi connectivity index (χ3n) is 4.38. The summed E-state index contributed by atoms with van der Waals surface area (Å²) in [4.78, 5) is 12.5. The minimum absolute atomic E-state index is 0.0501. The van der Waals surface area contributed by atoms with Crippen LogP contribution in [-0.4, -0.2) is 27.7 Å². The van der Waals surface area contributed by atoms with Gasteiger partial charge in [-0.3, -0.25) is 9.10 Å². The molecule has 0 spiro atoms. The van der Waals surface area contributed by atoms with Crippen molar-refractivity contribution in [2.24, 2.45) is 0 Å². The molecular weight excluding hydrogens is 407 g/mol. The van der Waals surface area contributed by atoms with Crippen LogP contribution < -0.4 is 14.4 Å². The number of hydrogen-bond donors (Lipinski definition) is 1. The van der Waals surface area contributed by atoms with Gasteiger partial charge in [-0.1, -0.05) is 18.2 Å². The van der Waals surface area contributed by atoms with Crippen LogP contribution in [0.25, 0.3) is 0 Å². The van der Waals surface area contributed by atoms with Crippen molar-refractivity contribution in [2.75, 3.05) is 23.0 Å². The SMILES string of the molecule is COc1cccc(NC(=O)c2ccc(N(Cc3ccc(F)cc3)S(C)(=O)=O)cc2)c1. The summed E-state index contributed by atoms with van der Waals surface area (Å²) in [5.41, 5.74) is 2.00. The minimum Gasteiger partial charge on any atom is -0.497 e. The number of ether oxygens (including phenoxy) is 1. The Labute approximate surface area is 175 Å². The molecule has 0 saturated heterocycles. The first-order valence-electron chi connectivity index (χ1n) is 9.04. The molecule has 3 aromatic carbocycles. The molecule has 0 atom stereocenters. The van der Waals surface area contributed by atoms with Gasteiger partial charge >= 0.3 is 0 Å². The average molecular weight is 428 g/mol. The maximum Gasteiger partial charge on any atom is 0.255 e. The van der Waals surface area contributed by atoms with E-state index in [9.17, 15) is 17.6 Å². The van der Waals surface area contributed by atoms with E-state index in [0.717, 1.165) is 6.26 Å². The predicted octanol–water partition coefficient (Wildman–Crippen LogP) is 4.05. The largest absolute Gasteiger partial charge is 0.497 e. The fraction of sp³-hybridized carbons (Fsp3) is 0.136. The van der Waals surface area contributed by atoms with E-state index < -0.39 is 15.8 Å². The molecule has 8 heteroatoms. The number of methoxy groups -OCH3 is 1. The van der Waals surface area contributed by atoms with Crippen molar-refractivity contribution in [3.05, 3.63) is 89.7 Å². The second kappa shape index (κ2) is 8.96. The second-order valence-corrected chi connectivity index (χ2v) is 8.54. The molecule has 1 N–H and O–H groups in total. The summed E-state index contributed by atoms with van der Waals surface area (Å²) in [6.45, 7) is 0.0501. The predicted molar refractivity (Wildman–Crippen MR) is 115 cm³/mol. The Morgan fingerprint density at radius 3 is 2.30 bits per heavy atom. The number of anilines is 2. The van der Waals surface area contributed by atoms with Gasteiger partial charge in [-0.15, -0.1) is 0 Å². The molecule has 30 heavy (non-hydrogen) atoms. The van der Waals surface area contributed by atoms with Crippen LogP contribution in [0, 0.1) is 5.82 Å². The molecule has 156 valence electrons. The quantitative estimate of drug-likeness (QED) is 0.616. The Kier molecular flexibility index (Phi) is 6.37. The first-order chi connectivity index (χ1) is 14.3. The van der Waals surface area contributed by atoms with Crippen LogP contribution in [0.2, 0.25) is 0 Å². The van der Waals surface area contributed by atoms with Crippen LogP contribution in [-0.2, 0) is 16.6 Å². The summed E-state index contributed by atoms with van der Waals surface area (Å²) < 4.78 is 44.0. The average Bonchev–Trinajstić information content (AvgIpc) is 2.72. The van der Waals surface area contributed by atoms with Gasteiger partial charge in [-0.2, -0.15) is 0 Å². The molecule has 0 saturated carbocycles. The Balaban J connectivity index is 1.78. The van der Waals surface area contributed by atoms with Crippen molar-refractivity contribution in [3.63, 3.8) is 0 Å². The summed E-state index contributed by atoms with van der Waals surface area (Å²) in [6, 6.07) is 18.8. The number of carbonyl (C=O) groups excluding carboxylic acids is 1. The summed E-state index contributed by atoms with van der Waals surface area (Å²) in [6.07, 6.45) is 1.10. The Hall–Kier alpha value is -3.39. The second-order valence-electron chi connectivity index (χ2n) is 6.63. The molecule has 0 aliphatic carbocycles. The molecule has 0 bridgehead atoms. The zero-order valence-corrected chi connectivity index (χ0v) is 17.3. The zero-order chi connectivity index (χ0) is 21.7. The molecule has 0 radical (unpaired) electrons. The number of sulfonamides is 1. The highest BCUT2D eigenvalue weighted by Crippen LogP contribution is 2.22. The minimum atomic E-state index is -3.59. The Morgan fingerprint density at radius 1 is 1.03 bits per heavy atom. The molecule has 3 aromatic rings. The molecule has 0 heterocycles. The van der Waals surface area contributed by atoms with Crippen molar-refractivity contribution >= 4 is 27.3 Å². The maximum atomic E-state index is 13.1. The van der Waals surface area contributed by atoms with Gasteiger partial charge in [-0.25, -0.2) is 12.8 Å². The van der Waals surface area contributed by atoms with Crippen LogP contribution in [0.15, 0.2) is 72.8 Å². The monoisotopic (exact) mass is 428 g/mol. The lowest BCUT2D eigenvalue weighted by atomic mass is 10.1. The molecule has 6 nitrogen and oxygen atoms in total. The van der Waals surface area contributed by atoms with Crippen LogP contribution >= 0.6 is 0 Å². The van der Waals surface area contributed by atoms with Crippen LogP contribution in [0.3, 0.4) is 0 Å². The smallest absolute Gasteiger partial charge is 0.255 e. The molecule has 0 fully saturated rings. The fourth-order valence-corrected chi connectivity index (χ4v) is 3.73. The van der Waals surface area contributed by atoms with Crippen molar-refractivity contribution in [1.82, 2.24) is 0 Å². The number of amides is 1. The van der Waals surface area contributed by atoms with E-state index in [1.807, 2.05) is 0 Å². The Bertz CT molecular complexity index is 1130. The van der Waals surface area contributed by atoms with Gasteiger partial charge in [0, 0.05) is 17.3 Å². The lowest BCUT2D eigenvalue weighted by molar-refractivity contribution is 0.102. The highest BCUT2D eigenvalue weighted by atomic mass is 32.2. The summed E-state index contributed by atoms with van der Waals surface area (Å²) in [5.74, 6) is -0.108. The van der Waals surface area contributed by atoms with Crippen LogP contribution in [0.1, 0.15) is 15.9 Å².